The maximum Gasteiger partial charge on any atom is 0.416 e. The van der Waals surface area contributed by atoms with Crippen molar-refractivity contribution in [1.29, 1.82) is 0 Å². The van der Waals surface area contributed by atoms with Crippen molar-refractivity contribution in [2.24, 2.45) is 5.73 Å². The summed E-state index contributed by atoms with van der Waals surface area (Å²) in [6.45, 7) is 1.38. The highest BCUT2D eigenvalue weighted by atomic mass is 19.4. The van der Waals surface area contributed by atoms with Crippen LogP contribution in [0.5, 0.6) is 5.75 Å². The van der Waals surface area contributed by atoms with Gasteiger partial charge in [-0.1, -0.05) is 60.7 Å². The molecular formula is C28H29F3N2O. The van der Waals surface area contributed by atoms with Crippen molar-refractivity contribution in [2.45, 2.75) is 32.0 Å². The first-order valence-corrected chi connectivity index (χ1v) is 11.2. The quantitative estimate of drug-likeness (QED) is 0.241. The molecule has 3 rings (SSSR count). The summed E-state index contributed by atoms with van der Waals surface area (Å²) in [5.41, 5.74) is 8.63. The van der Waals surface area contributed by atoms with Gasteiger partial charge in [0, 0.05) is 18.9 Å². The molecule has 0 bridgehead atoms. The van der Waals surface area contributed by atoms with Crippen LogP contribution in [0.1, 0.15) is 40.7 Å². The molecule has 34 heavy (non-hydrogen) atoms. The molecule has 0 aliphatic rings. The third-order valence-electron chi connectivity index (χ3n) is 5.27. The number of benzene rings is 3. The van der Waals surface area contributed by atoms with E-state index in [1.54, 1.807) is 12.3 Å². The summed E-state index contributed by atoms with van der Waals surface area (Å²) < 4.78 is 43.8. The average Bonchev–Trinajstić information content (AvgIpc) is 2.85. The first-order valence-electron chi connectivity index (χ1n) is 11.2. The lowest BCUT2D eigenvalue weighted by molar-refractivity contribution is -0.137. The molecule has 3 aromatic carbocycles. The van der Waals surface area contributed by atoms with Crippen LogP contribution in [0.3, 0.4) is 0 Å². The fourth-order valence-electron chi connectivity index (χ4n) is 3.33. The highest BCUT2D eigenvalue weighted by molar-refractivity contribution is 5.69. The van der Waals surface area contributed by atoms with Gasteiger partial charge in [0.25, 0.3) is 0 Å². The Morgan fingerprint density at radius 1 is 0.765 bits per heavy atom. The Hall–Kier alpha value is -3.67. The second-order valence-corrected chi connectivity index (χ2v) is 7.90. The first kappa shape index (κ1) is 25.0. The van der Waals surface area contributed by atoms with Crippen molar-refractivity contribution in [3.05, 3.63) is 113 Å². The summed E-state index contributed by atoms with van der Waals surface area (Å²) >= 11 is 0. The zero-order valence-corrected chi connectivity index (χ0v) is 18.9. The van der Waals surface area contributed by atoms with Crippen LogP contribution in [0.4, 0.5) is 13.2 Å². The molecular weight excluding hydrogens is 437 g/mol. The minimum atomic E-state index is -4.32. The van der Waals surface area contributed by atoms with E-state index in [-0.39, 0.29) is 0 Å². The number of halogens is 3. The largest absolute Gasteiger partial charge is 0.489 e. The van der Waals surface area contributed by atoms with Gasteiger partial charge in [-0.3, -0.25) is 0 Å². The number of hydrogen-bond acceptors (Lipinski definition) is 3. The van der Waals surface area contributed by atoms with Crippen molar-refractivity contribution in [2.75, 3.05) is 6.54 Å². The van der Waals surface area contributed by atoms with Crippen LogP contribution < -0.4 is 15.8 Å². The van der Waals surface area contributed by atoms with Gasteiger partial charge in [0.15, 0.2) is 0 Å². The number of aryl methyl sites for hydroxylation is 1. The van der Waals surface area contributed by atoms with E-state index in [0.717, 1.165) is 54.8 Å². The third kappa shape index (κ3) is 8.35. The highest BCUT2D eigenvalue weighted by Gasteiger charge is 2.29. The summed E-state index contributed by atoms with van der Waals surface area (Å²) in [6.07, 6.45) is 5.80. The topological polar surface area (TPSA) is 47.3 Å². The predicted molar refractivity (Wildman–Crippen MR) is 132 cm³/mol. The van der Waals surface area contributed by atoms with Crippen molar-refractivity contribution in [3.63, 3.8) is 0 Å². The van der Waals surface area contributed by atoms with E-state index in [1.165, 1.54) is 23.9 Å². The molecule has 0 atom stereocenters. The van der Waals surface area contributed by atoms with Crippen LogP contribution in [-0.2, 0) is 19.2 Å². The average molecular weight is 467 g/mol. The Bertz CT molecular complexity index is 1050. The third-order valence-corrected chi connectivity index (χ3v) is 5.27. The second-order valence-electron chi connectivity index (χ2n) is 7.90. The molecule has 178 valence electrons. The first-order chi connectivity index (χ1) is 16.4. The zero-order valence-electron chi connectivity index (χ0n) is 18.9. The molecule has 0 saturated heterocycles. The minimum absolute atomic E-state index is 0.461. The predicted octanol–water partition coefficient (Wildman–Crippen LogP) is 6.80. The number of nitrogens with one attached hydrogen (secondary N) is 1. The van der Waals surface area contributed by atoms with Crippen LogP contribution >= 0.6 is 0 Å². The lowest BCUT2D eigenvalue weighted by atomic mass is 10.1. The standard InChI is InChI=1S/C28H29F3N2O/c29-28(30,31)26-14-10-24(11-15-26)5-4-23-6-8-25(9-7-23)21-34-27-16-12-22(13-17-27)3-1-2-19-33-20-18-32/h4-18,20,33H,1-3,19,21,32H2/b5-4+,20-18-. The van der Waals surface area contributed by atoms with Gasteiger partial charge in [0.2, 0.25) is 0 Å². The smallest absolute Gasteiger partial charge is 0.416 e. The summed E-state index contributed by atoms with van der Waals surface area (Å²) in [4.78, 5) is 0. The summed E-state index contributed by atoms with van der Waals surface area (Å²) in [5, 5.41) is 3.12. The van der Waals surface area contributed by atoms with Crippen molar-refractivity contribution in [3.8, 4) is 5.75 Å². The van der Waals surface area contributed by atoms with Gasteiger partial charge < -0.3 is 15.8 Å². The molecule has 0 heterocycles. The van der Waals surface area contributed by atoms with E-state index in [1.807, 2.05) is 42.5 Å². The molecule has 0 amide bonds. The molecule has 0 aromatic heterocycles. The molecule has 0 aliphatic heterocycles. The van der Waals surface area contributed by atoms with Crippen LogP contribution in [-0.4, -0.2) is 6.54 Å². The van der Waals surface area contributed by atoms with Gasteiger partial charge in [-0.2, -0.15) is 13.2 Å². The number of alkyl halides is 3. The maximum atomic E-state index is 12.7. The van der Waals surface area contributed by atoms with Crippen LogP contribution in [0, 0.1) is 0 Å². The van der Waals surface area contributed by atoms with Crippen molar-refractivity contribution < 1.29 is 17.9 Å². The Morgan fingerprint density at radius 2 is 1.35 bits per heavy atom. The second kappa shape index (κ2) is 12.5. The van der Waals surface area contributed by atoms with Crippen LogP contribution in [0.15, 0.2) is 85.2 Å². The fourth-order valence-corrected chi connectivity index (χ4v) is 3.33. The SMILES string of the molecule is N/C=C\NCCCCc1ccc(OCc2ccc(/C=C/c3ccc(C(F)(F)F)cc3)cc2)cc1. The molecule has 0 radical (unpaired) electrons. The van der Waals surface area contributed by atoms with Crippen LogP contribution in [0.2, 0.25) is 0 Å². The van der Waals surface area contributed by atoms with E-state index in [9.17, 15) is 13.2 Å². The minimum Gasteiger partial charge on any atom is -0.489 e. The fraction of sp³-hybridized carbons (Fsp3) is 0.214. The summed E-state index contributed by atoms with van der Waals surface area (Å²) in [7, 11) is 0. The Morgan fingerprint density at radius 3 is 1.94 bits per heavy atom. The van der Waals surface area contributed by atoms with Crippen molar-refractivity contribution in [1.82, 2.24) is 5.32 Å². The van der Waals surface area contributed by atoms with Gasteiger partial charge >= 0.3 is 6.18 Å². The van der Waals surface area contributed by atoms with Crippen molar-refractivity contribution >= 4 is 12.2 Å². The zero-order chi connectivity index (χ0) is 24.2. The van der Waals surface area contributed by atoms with Gasteiger partial charge in [-0.15, -0.1) is 0 Å². The molecule has 0 aliphatic carbocycles. The van der Waals surface area contributed by atoms with Gasteiger partial charge in [-0.05, 0) is 65.8 Å². The number of ether oxygens (including phenoxy) is 1. The maximum absolute atomic E-state index is 12.7. The van der Waals surface area contributed by atoms with E-state index < -0.39 is 11.7 Å². The monoisotopic (exact) mass is 466 g/mol. The molecule has 3 N–H and O–H groups in total. The number of unbranched alkanes of at least 4 members (excludes halogenated alkanes) is 1. The Kier molecular flexibility index (Phi) is 9.21. The van der Waals surface area contributed by atoms with Gasteiger partial charge in [0.1, 0.15) is 12.4 Å². The number of nitrogens with two attached hydrogens (primary N) is 1. The lowest BCUT2D eigenvalue weighted by Crippen LogP contribution is -2.07. The molecule has 3 aromatic rings. The summed E-state index contributed by atoms with van der Waals surface area (Å²) in [6, 6.07) is 21.2. The molecule has 6 heteroatoms. The van der Waals surface area contributed by atoms with Gasteiger partial charge in [-0.25, -0.2) is 0 Å². The molecule has 0 unspecified atom stereocenters. The Labute approximate surface area is 198 Å². The lowest BCUT2D eigenvalue weighted by Gasteiger charge is -2.08. The van der Waals surface area contributed by atoms with E-state index in [4.69, 9.17) is 10.5 Å². The molecule has 0 fully saturated rings. The number of rotatable bonds is 11. The van der Waals surface area contributed by atoms with E-state index in [2.05, 4.69) is 17.4 Å². The highest BCUT2D eigenvalue weighted by Crippen LogP contribution is 2.29. The normalized spacial score (nSPS) is 11.9. The molecule has 0 saturated carbocycles. The summed E-state index contributed by atoms with van der Waals surface area (Å²) in [5.74, 6) is 0.824. The van der Waals surface area contributed by atoms with Gasteiger partial charge in [0.05, 0.1) is 5.56 Å². The van der Waals surface area contributed by atoms with E-state index >= 15 is 0 Å². The van der Waals surface area contributed by atoms with Crippen LogP contribution in [0.25, 0.3) is 12.2 Å². The Balaban J connectivity index is 1.43. The molecule has 0 spiro atoms. The van der Waals surface area contributed by atoms with E-state index in [0.29, 0.717) is 12.2 Å². The molecule has 3 nitrogen and oxygen atoms in total. The number of hydrogen-bond donors (Lipinski definition) is 2.